The van der Waals surface area contributed by atoms with E-state index in [4.69, 9.17) is 9.47 Å². The minimum absolute atomic E-state index is 0.0550. The summed E-state index contributed by atoms with van der Waals surface area (Å²) < 4.78 is 10.8. The number of carbonyl (C=O) groups excluding carboxylic acids is 2. The molecule has 0 aromatic heterocycles. The Morgan fingerprint density at radius 1 is 1.10 bits per heavy atom. The maximum absolute atomic E-state index is 11.7. The van der Waals surface area contributed by atoms with Gasteiger partial charge in [0.1, 0.15) is 11.9 Å². The van der Waals surface area contributed by atoms with Crippen LogP contribution < -0.4 is 4.74 Å². The molecular formula is C17H22O4. The van der Waals surface area contributed by atoms with Crippen molar-refractivity contribution in [1.29, 1.82) is 0 Å². The van der Waals surface area contributed by atoms with Crippen LogP contribution in [0, 0.1) is 0 Å². The summed E-state index contributed by atoms with van der Waals surface area (Å²) in [6.07, 6.45) is 5.94. The smallest absolute Gasteiger partial charge is 0.344 e. The second-order valence-electron chi connectivity index (χ2n) is 5.34. The van der Waals surface area contributed by atoms with Crippen molar-refractivity contribution >= 4 is 11.8 Å². The summed E-state index contributed by atoms with van der Waals surface area (Å²) in [6, 6.07) is 6.84. The highest BCUT2D eigenvalue weighted by Gasteiger charge is 2.17. The van der Waals surface area contributed by atoms with Gasteiger partial charge in [0.15, 0.2) is 12.4 Å². The van der Waals surface area contributed by atoms with Crippen molar-refractivity contribution in [2.45, 2.75) is 51.6 Å². The maximum atomic E-state index is 11.7. The number of Topliss-reactive ketones (excluding diaryl/α,β-unsaturated/α-hetero) is 1. The molecule has 1 aromatic carbocycles. The van der Waals surface area contributed by atoms with Crippen molar-refractivity contribution in [3.63, 3.8) is 0 Å². The summed E-state index contributed by atoms with van der Waals surface area (Å²) in [5.74, 6) is 0.345. The number of benzene rings is 1. The Hall–Kier alpha value is -1.84. The molecule has 0 spiro atoms. The number of carbonyl (C=O) groups is 2. The molecule has 0 amide bonds. The van der Waals surface area contributed by atoms with Crippen molar-refractivity contribution in [3.8, 4) is 5.75 Å². The van der Waals surface area contributed by atoms with Gasteiger partial charge in [-0.15, -0.1) is 0 Å². The van der Waals surface area contributed by atoms with E-state index in [1.54, 1.807) is 24.3 Å². The molecule has 1 aliphatic carbocycles. The molecule has 4 heteroatoms. The first-order valence-corrected chi connectivity index (χ1v) is 7.64. The number of ether oxygens (including phenoxy) is 2. The summed E-state index contributed by atoms with van der Waals surface area (Å²) in [5.41, 5.74) is 0.662. The first-order chi connectivity index (χ1) is 10.2. The van der Waals surface area contributed by atoms with E-state index in [9.17, 15) is 9.59 Å². The van der Waals surface area contributed by atoms with E-state index in [1.165, 1.54) is 6.42 Å². The Labute approximate surface area is 125 Å². The molecular weight excluding hydrogens is 268 g/mol. The Morgan fingerprint density at radius 2 is 1.76 bits per heavy atom. The zero-order valence-electron chi connectivity index (χ0n) is 12.5. The third kappa shape index (κ3) is 4.88. The van der Waals surface area contributed by atoms with Crippen LogP contribution in [0.4, 0.5) is 0 Å². The minimum Gasteiger partial charge on any atom is -0.482 e. The van der Waals surface area contributed by atoms with Gasteiger partial charge in [0.2, 0.25) is 0 Å². The number of ketones is 1. The standard InChI is InChI=1S/C17H22O4/c1-2-16(18)13-8-10-14(11-9-13)20-12-17(19)21-15-6-4-3-5-7-15/h8-11,15H,2-7,12H2,1H3. The molecule has 0 N–H and O–H groups in total. The molecule has 1 aromatic rings. The van der Waals surface area contributed by atoms with Crippen LogP contribution in [0.5, 0.6) is 5.75 Å². The molecule has 0 saturated heterocycles. The van der Waals surface area contributed by atoms with Crippen LogP contribution in [-0.4, -0.2) is 24.5 Å². The fourth-order valence-corrected chi connectivity index (χ4v) is 2.49. The molecule has 0 atom stereocenters. The third-order valence-corrected chi connectivity index (χ3v) is 3.70. The van der Waals surface area contributed by atoms with E-state index in [-0.39, 0.29) is 24.5 Å². The van der Waals surface area contributed by atoms with Crippen molar-refractivity contribution in [3.05, 3.63) is 29.8 Å². The van der Waals surface area contributed by atoms with Gasteiger partial charge in [0.25, 0.3) is 0 Å². The third-order valence-electron chi connectivity index (χ3n) is 3.70. The quantitative estimate of drug-likeness (QED) is 0.594. The summed E-state index contributed by atoms with van der Waals surface area (Å²) in [6.45, 7) is 1.74. The van der Waals surface area contributed by atoms with Gasteiger partial charge in [0.05, 0.1) is 0 Å². The van der Waals surface area contributed by atoms with Gasteiger partial charge >= 0.3 is 5.97 Å². The zero-order valence-corrected chi connectivity index (χ0v) is 12.5. The summed E-state index contributed by atoms with van der Waals surface area (Å²) in [5, 5.41) is 0. The zero-order chi connectivity index (χ0) is 15.1. The summed E-state index contributed by atoms with van der Waals surface area (Å²) >= 11 is 0. The predicted molar refractivity (Wildman–Crippen MR) is 79.5 cm³/mol. The summed E-state index contributed by atoms with van der Waals surface area (Å²) in [7, 11) is 0. The largest absolute Gasteiger partial charge is 0.482 e. The van der Waals surface area contributed by atoms with E-state index in [0.29, 0.717) is 17.7 Å². The maximum Gasteiger partial charge on any atom is 0.344 e. The first kappa shape index (κ1) is 15.5. The average Bonchev–Trinajstić information content (AvgIpc) is 2.53. The second kappa shape index (κ2) is 7.81. The van der Waals surface area contributed by atoms with Gasteiger partial charge in [0, 0.05) is 12.0 Å². The van der Waals surface area contributed by atoms with Gasteiger partial charge in [-0.3, -0.25) is 4.79 Å². The Kier molecular flexibility index (Phi) is 5.78. The number of rotatable bonds is 6. The van der Waals surface area contributed by atoms with Crippen LogP contribution >= 0.6 is 0 Å². The van der Waals surface area contributed by atoms with Gasteiger partial charge in [-0.1, -0.05) is 13.3 Å². The van der Waals surface area contributed by atoms with Crippen molar-refractivity contribution in [1.82, 2.24) is 0 Å². The highest BCUT2D eigenvalue weighted by Crippen LogP contribution is 2.20. The van der Waals surface area contributed by atoms with E-state index < -0.39 is 0 Å². The van der Waals surface area contributed by atoms with Crippen molar-refractivity contribution in [2.24, 2.45) is 0 Å². The van der Waals surface area contributed by atoms with Gasteiger partial charge < -0.3 is 9.47 Å². The normalized spacial score (nSPS) is 15.5. The Bertz CT molecular complexity index is 472. The fraction of sp³-hybridized carbons (Fsp3) is 0.529. The molecule has 0 radical (unpaired) electrons. The molecule has 0 aliphatic heterocycles. The van der Waals surface area contributed by atoms with Crippen LogP contribution in [0.3, 0.4) is 0 Å². The SMILES string of the molecule is CCC(=O)c1ccc(OCC(=O)OC2CCCCC2)cc1. The lowest BCUT2D eigenvalue weighted by Crippen LogP contribution is -2.24. The number of hydrogen-bond acceptors (Lipinski definition) is 4. The molecule has 114 valence electrons. The lowest BCUT2D eigenvalue weighted by molar-refractivity contribution is -0.152. The first-order valence-electron chi connectivity index (χ1n) is 7.64. The highest BCUT2D eigenvalue weighted by atomic mass is 16.6. The van der Waals surface area contributed by atoms with Gasteiger partial charge in [-0.2, -0.15) is 0 Å². The predicted octanol–water partition coefficient (Wildman–Crippen LogP) is 3.53. The second-order valence-corrected chi connectivity index (χ2v) is 5.34. The van der Waals surface area contributed by atoms with Crippen LogP contribution in [0.2, 0.25) is 0 Å². The molecule has 0 unspecified atom stereocenters. The molecule has 1 fully saturated rings. The number of hydrogen-bond donors (Lipinski definition) is 0. The van der Waals surface area contributed by atoms with Crippen LogP contribution in [0.25, 0.3) is 0 Å². The average molecular weight is 290 g/mol. The molecule has 0 bridgehead atoms. The fourth-order valence-electron chi connectivity index (χ4n) is 2.49. The molecule has 1 aliphatic rings. The number of esters is 1. The topological polar surface area (TPSA) is 52.6 Å². The highest BCUT2D eigenvalue weighted by molar-refractivity contribution is 5.95. The lowest BCUT2D eigenvalue weighted by atomic mass is 9.98. The Balaban J connectivity index is 1.76. The molecule has 1 saturated carbocycles. The monoisotopic (exact) mass is 290 g/mol. The van der Waals surface area contributed by atoms with Crippen LogP contribution in [-0.2, 0) is 9.53 Å². The van der Waals surface area contributed by atoms with E-state index in [0.717, 1.165) is 25.7 Å². The van der Waals surface area contributed by atoms with Gasteiger partial charge in [-0.25, -0.2) is 4.79 Å². The molecule has 21 heavy (non-hydrogen) atoms. The lowest BCUT2D eigenvalue weighted by Gasteiger charge is -2.21. The van der Waals surface area contributed by atoms with Crippen molar-refractivity contribution in [2.75, 3.05) is 6.61 Å². The minimum atomic E-state index is -0.324. The van der Waals surface area contributed by atoms with E-state index in [2.05, 4.69) is 0 Å². The molecule has 4 nitrogen and oxygen atoms in total. The van der Waals surface area contributed by atoms with E-state index >= 15 is 0 Å². The van der Waals surface area contributed by atoms with Crippen LogP contribution in [0.1, 0.15) is 55.8 Å². The molecule has 2 rings (SSSR count). The summed E-state index contributed by atoms with van der Waals surface area (Å²) in [4.78, 5) is 23.2. The van der Waals surface area contributed by atoms with Crippen LogP contribution in [0.15, 0.2) is 24.3 Å². The molecule has 0 heterocycles. The van der Waals surface area contributed by atoms with E-state index in [1.807, 2.05) is 6.92 Å². The van der Waals surface area contributed by atoms with Crippen molar-refractivity contribution < 1.29 is 19.1 Å². The van der Waals surface area contributed by atoms with Gasteiger partial charge in [-0.05, 0) is 49.9 Å². The Morgan fingerprint density at radius 3 is 2.38 bits per heavy atom.